The minimum Gasteiger partial charge on any atom is -0.493 e. The summed E-state index contributed by atoms with van der Waals surface area (Å²) < 4.78 is 12.2. The molecule has 0 fully saturated rings. The van der Waals surface area contributed by atoms with Gasteiger partial charge in [0, 0.05) is 5.02 Å². The van der Waals surface area contributed by atoms with Crippen molar-refractivity contribution in [2.75, 3.05) is 14.2 Å². The Morgan fingerprint density at radius 3 is 2.57 bits per heavy atom. The molecule has 8 heteroatoms. The van der Waals surface area contributed by atoms with Crippen molar-refractivity contribution in [3.05, 3.63) is 64.4 Å². The third-order valence-electron chi connectivity index (χ3n) is 4.42. The lowest BCUT2D eigenvalue weighted by Crippen LogP contribution is -2.27. The monoisotopic (exact) mass is 400 g/mol. The zero-order valence-electron chi connectivity index (χ0n) is 16.1. The summed E-state index contributed by atoms with van der Waals surface area (Å²) in [4.78, 5) is 12.7. The number of halogens is 1. The molecule has 0 aliphatic rings. The van der Waals surface area contributed by atoms with Gasteiger partial charge in [0.2, 0.25) is 0 Å². The van der Waals surface area contributed by atoms with Crippen LogP contribution in [0.5, 0.6) is 11.5 Å². The zero-order chi connectivity index (χ0) is 20.3. The molecule has 1 aromatic heterocycles. The average Bonchev–Trinajstić information content (AvgIpc) is 3.08. The Balaban J connectivity index is 1.80. The largest absolute Gasteiger partial charge is 0.493 e. The first-order valence-electron chi connectivity index (χ1n) is 8.65. The summed E-state index contributed by atoms with van der Waals surface area (Å²) >= 11 is 6.04. The number of methoxy groups -OCH3 is 2. The fraction of sp³-hybridized carbons (Fsp3) is 0.250. The van der Waals surface area contributed by atoms with Gasteiger partial charge in [-0.25, -0.2) is 4.68 Å². The number of hydrogen-bond acceptors (Lipinski definition) is 5. The predicted molar refractivity (Wildman–Crippen MR) is 107 cm³/mol. The summed E-state index contributed by atoms with van der Waals surface area (Å²) in [6.07, 6.45) is 0. The molecule has 0 unspecified atom stereocenters. The number of nitrogens with zero attached hydrogens (tertiary/aromatic N) is 3. The third-order valence-corrected chi connectivity index (χ3v) is 4.65. The van der Waals surface area contributed by atoms with Gasteiger partial charge in [-0.2, -0.15) is 0 Å². The second-order valence-electron chi connectivity index (χ2n) is 6.22. The van der Waals surface area contributed by atoms with E-state index in [4.69, 9.17) is 21.1 Å². The van der Waals surface area contributed by atoms with Crippen LogP contribution in [0.3, 0.4) is 0 Å². The van der Waals surface area contributed by atoms with E-state index < -0.39 is 0 Å². The van der Waals surface area contributed by atoms with E-state index in [1.807, 2.05) is 31.2 Å². The Hall–Kier alpha value is -3.06. The van der Waals surface area contributed by atoms with Gasteiger partial charge in [0.05, 0.1) is 31.6 Å². The van der Waals surface area contributed by atoms with Crippen LogP contribution < -0.4 is 14.8 Å². The summed E-state index contributed by atoms with van der Waals surface area (Å²) in [5, 5.41) is 11.7. The molecule has 3 aromatic rings. The highest BCUT2D eigenvalue weighted by atomic mass is 35.5. The van der Waals surface area contributed by atoms with Crippen LogP contribution in [0.4, 0.5) is 0 Å². The SMILES string of the molecule is COc1ccc([C@H](C)NC(=O)c2nnn(-c3cccc(Cl)c3)c2C)cc1OC. The van der Waals surface area contributed by atoms with Gasteiger partial charge in [0.25, 0.3) is 5.91 Å². The van der Waals surface area contributed by atoms with E-state index in [2.05, 4.69) is 15.6 Å². The maximum Gasteiger partial charge on any atom is 0.274 e. The Morgan fingerprint density at radius 1 is 1.14 bits per heavy atom. The lowest BCUT2D eigenvalue weighted by molar-refractivity contribution is 0.0934. The maximum absolute atomic E-state index is 12.7. The van der Waals surface area contributed by atoms with E-state index in [1.54, 1.807) is 44.0 Å². The maximum atomic E-state index is 12.7. The fourth-order valence-corrected chi connectivity index (χ4v) is 3.05. The molecule has 1 heterocycles. The van der Waals surface area contributed by atoms with Crippen LogP contribution in [0.25, 0.3) is 5.69 Å². The minimum absolute atomic E-state index is 0.257. The van der Waals surface area contributed by atoms with Crippen LogP contribution in [0.15, 0.2) is 42.5 Å². The molecular weight excluding hydrogens is 380 g/mol. The Morgan fingerprint density at radius 2 is 1.89 bits per heavy atom. The highest BCUT2D eigenvalue weighted by Gasteiger charge is 2.20. The summed E-state index contributed by atoms with van der Waals surface area (Å²) in [7, 11) is 3.15. The molecule has 0 spiro atoms. The molecule has 0 aliphatic heterocycles. The summed E-state index contributed by atoms with van der Waals surface area (Å²) in [6.45, 7) is 3.67. The van der Waals surface area contributed by atoms with Gasteiger partial charge in [0.1, 0.15) is 0 Å². The molecule has 2 aromatic carbocycles. The average molecular weight is 401 g/mol. The van der Waals surface area contributed by atoms with Crippen molar-refractivity contribution in [1.29, 1.82) is 0 Å². The summed E-state index contributed by atoms with van der Waals surface area (Å²) in [5.41, 5.74) is 2.50. The number of hydrogen-bond donors (Lipinski definition) is 1. The first-order valence-corrected chi connectivity index (χ1v) is 9.03. The van der Waals surface area contributed by atoms with Gasteiger partial charge in [-0.15, -0.1) is 5.10 Å². The molecule has 1 amide bonds. The van der Waals surface area contributed by atoms with Gasteiger partial charge < -0.3 is 14.8 Å². The summed E-state index contributed by atoms with van der Waals surface area (Å²) in [5.74, 6) is 0.919. The number of benzene rings is 2. The van der Waals surface area contributed by atoms with E-state index >= 15 is 0 Å². The van der Waals surface area contributed by atoms with Crippen LogP contribution in [0.2, 0.25) is 5.02 Å². The number of nitrogens with one attached hydrogen (secondary N) is 1. The predicted octanol–water partition coefficient (Wildman–Crippen LogP) is 3.74. The van der Waals surface area contributed by atoms with Gasteiger partial charge in [-0.1, -0.05) is 28.9 Å². The normalized spacial score (nSPS) is 11.8. The van der Waals surface area contributed by atoms with Crippen molar-refractivity contribution in [3.63, 3.8) is 0 Å². The second kappa shape index (κ2) is 8.31. The van der Waals surface area contributed by atoms with E-state index in [-0.39, 0.29) is 17.6 Å². The van der Waals surface area contributed by atoms with Crippen LogP contribution in [-0.4, -0.2) is 35.1 Å². The molecule has 1 atom stereocenters. The molecule has 146 valence electrons. The number of amides is 1. The van der Waals surface area contributed by atoms with Crippen LogP contribution in [-0.2, 0) is 0 Å². The minimum atomic E-state index is -0.312. The first-order chi connectivity index (χ1) is 13.4. The Bertz CT molecular complexity index is 1000. The van der Waals surface area contributed by atoms with E-state index in [1.165, 1.54) is 0 Å². The van der Waals surface area contributed by atoms with Crippen LogP contribution in [0, 0.1) is 6.92 Å². The van der Waals surface area contributed by atoms with E-state index in [0.29, 0.717) is 22.2 Å². The molecule has 3 rings (SSSR count). The highest BCUT2D eigenvalue weighted by molar-refractivity contribution is 6.30. The molecule has 28 heavy (non-hydrogen) atoms. The molecular formula is C20H21ClN4O3. The molecule has 0 saturated carbocycles. The number of aromatic nitrogens is 3. The lowest BCUT2D eigenvalue weighted by atomic mass is 10.1. The standard InChI is InChI=1S/C20H21ClN4O3/c1-12(14-8-9-17(27-3)18(10-14)28-4)22-20(26)19-13(2)25(24-23-19)16-7-5-6-15(21)11-16/h5-12H,1-4H3,(H,22,26)/t12-/m0/s1. The Labute approximate surface area is 168 Å². The van der Waals surface area contributed by atoms with Gasteiger partial charge in [0.15, 0.2) is 17.2 Å². The molecule has 0 saturated heterocycles. The molecule has 1 N–H and O–H groups in total. The van der Waals surface area contributed by atoms with Crippen molar-refractivity contribution >= 4 is 17.5 Å². The molecule has 0 bridgehead atoms. The zero-order valence-corrected chi connectivity index (χ0v) is 16.8. The molecule has 7 nitrogen and oxygen atoms in total. The van der Waals surface area contributed by atoms with Crippen LogP contribution in [0.1, 0.15) is 34.7 Å². The smallest absolute Gasteiger partial charge is 0.274 e. The third kappa shape index (κ3) is 3.94. The van der Waals surface area contributed by atoms with E-state index in [0.717, 1.165) is 11.3 Å². The van der Waals surface area contributed by atoms with Crippen molar-refractivity contribution in [3.8, 4) is 17.2 Å². The first kappa shape index (κ1) is 19.7. The Kier molecular flexibility index (Phi) is 5.84. The van der Waals surface area contributed by atoms with Crippen molar-refractivity contribution in [1.82, 2.24) is 20.3 Å². The second-order valence-corrected chi connectivity index (χ2v) is 6.66. The highest BCUT2D eigenvalue weighted by Crippen LogP contribution is 2.30. The van der Waals surface area contributed by atoms with Crippen molar-refractivity contribution < 1.29 is 14.3 Å². The van der Waals surface area contributed by atoms with Gasteiger partial charge >= 0.3 is 0 Å². The van der Waals surface area contributed by atoms with Crippen LogP contribution >= 0.6 is 11.6 Å². The number of carbonyl (C=O) groups excluding carboxylic acids is 1. The topological polar surface area (TPSA) is 78.3 Å². The summed E-state index contributed by atoms with van der Waals surface area (Å²) in [6, 6.07) is 12.5. The number of carbonyl (C=O) groups is 1. The molecule has 0 aliphatic carbocycles. The quantitative estimate of drug-likeness (QED) is 0.682. The number of rotatable bonds is 6. The van der Waals surface area contributed by atoms with Gasteiger partial charge in [-0.05, 0) is 49.7 Å². The number of ether oxygens (including phenoxy) is 2. The molecule has 0 radical (unpaired) electrons. The lowest BCUT2D eigenvalue weighted by Gasteiger charge is -2.16. The van der Waals surface area contributed by atoms with Crippen molar-refractivity contribution in [2.24, 2.45) is 0 Å². The van der Waals surface area contributed by atoms with Gasteiger partial charge in [-0.3, -0.25) is 4.79 Å². The van der Waals surface area contributed by atoms with Crippen molar-refractivity contribution in [2.45, 2.75) is 19.9 Å². The fourth-order valence-electron chi connectivity index (χ4n) is 2.86. The van der Waals surface area contributed by atoms with E-state index in [9.17, 15) is 4.79 Å².